The Balaban J connectivity index is 0.00000280. The van der Waals surface area contributed by atoms with Crippen LogP contribution in [0.5, 0.6) is 0 Å². The average molecular weight is 493 g/mol. The molecule has 0 radical (unpaired) electrons. The van der Waals surface area contributed by atoms with Gasteiger partial charge in [-0.1, -0.05) is 24.3 Å². The van der Waals surface area contributed by atoms with Crippen LogP contribution in [0.25, 0.3) is 0 Å². The monoisotopic (exact) mass is 493 g/mol. The van der Waals surface area contributed by atoms with Crippen LogP contribution >= 0.6 is 24.0 Å². The van der Waals surface area contributed by atoms with Gasteiger partial charge in [0, 0.05) is 51.0 Å². The first kappa shape index (κ1) is 21.9. The molecule has 7 nitrogen and oxygen atoms in total. The summed E-state index contributed by atoms with van der Waals surface area (Å²) >= 11 is 0. The maximum atomic E-state index is 4.68. The maximum absolute atomic E-state index is 4.68. The Labute approximate surface area is 183 Å². The number of nitrogens with one attached hydrogen (secondary N) is 2. The molecule has 0 saturated heterocycles. The van der Waals surface area contributed by atoms with Gasteiger partial charge in [0.15, 0.2) is 5.96 Å². The molecule has 1 aromatic carbocycles. The van der Waals surface area contributed by atoms with Crippen molar-refractivity contribution in [3.05, 3.63) is 72.6 Å². The zero-order valence-corrected chi connectivity index (χ0v) is 18.5. The van der Waals surface area contributed by atoms with E-state index in [0.29, 0.717) is 6.54 Å². The molecule has 0 amide bonds. The minimum atomic E-state index is 0. The molecular weight excluding hydrogens is 465 g/mol. The molecule has 0 aliphatic carbocycles. The van der Waals surface area contributed by atoms with E-state index < -0.39 is 0 Å². The molecule has 0 aliphatic heterocycles. The summed E-state index contributed by atoms with van der Waals surface area (Å²) in [5.41, 5.74) is 2.45. The SMILES string of the molecule is CCNC(=NCc1ccc(Cn2ccnc2)cc1)NCCCn1cccn1.I. The van der Waals surface area contributed by atoms with Crippen molar-refractivity contribution in [3.63, 3.8) is 0 Å². The highest BCUT2D eigenvalue weighted by Gasteiger charge is 1.99. The molecule has 0 spiro atoms. The molecular formula is C20H28IN7. The topological polar surface area (TPSA) is 72.1 Å². The molecule has 0 atom stereocenters. The van der Waals surface area contributed by atoms with Gasteiger partial charge in [-0.05, 0) is 30.5 Å². The lowest BCUT2D eigenvalue weighted by molar-refractivity contribution is 0.570. The zero-order valence-electron chi connectivity index (χ0n) is 16.2. The Morgan fingerprint density at radius 1 is 1.07 bits per heavy atom. The second-order valence-corrected chi connectivity index (χ2v) is 6.30. The largest absolute Gasteiger partial charge is 0.357 e. The Morgan fingerprint density at radius 2 is 1.89 bits per heavy atom. The Bertz CT molecular complexity index is 796. The summed E-state index contributed by atoms with van der Waals surface area (Å²) < 4.78 is 4.00. The summed E-state index contributed by atoms with van der Waals surface area (Å²) in [5, 5.41) is 10.9. The predicted molar refractivity (Wildman–Crippen MR) is 123 cm³/mol. The van der Waals surface area contributed by atoms with Crippen molar-refractivity contribution in [3.8, 4) is 0 Å². The lowest BCUT2D eigenvalue weighted by Crippen LogP contribution is -2.38. The molecule has 150 valence electrons. The lowest BCUT2D eigenvalue weighted by atomic mass is 10.1. The number of aliphatic imine (C=N–C) groups is 1. The molecule has 28 heavy (non-hydrogen) atoms. The number of hydrogen-bond acceptors (Lipinski definition) is 3. The van der Waals surface area contributed by atoms with Crippen LogP contribution in [0.3, 0.4) is 0 Å². The van der Waals surface area contributed by atoms with Crippen LogP contribution in [0.1, 0.15) is 24.5 Å². The van der Waals surface area contributed by atoms with Crippen molar-refractivity contribution in [2.24, 2.45) is 4.99 Å². The van der Waals surface area contributed by atoms with Crippen LogP contribution in [0.2, 0.25) is 0 Å². The van der Waals surface area contributed by atoms with E-state index in [4.69, 9.17) is 0 Å². The number of imidazole rings is 1. The molecule has 2 N–H and O–H groups in total. The number of aryl methyl sites for hydroxylation is 1. The average Bonchev–Trinajstić information content (AvgIpc) is 3.38. The van der Waals surface area contributed by atoms with Crippen LogP contribution in [-0.4, -0.2) is 38.4 Å². The third-order valence-corrected chi connectivity index (χ3v) is 4.13. The van der Waals surface area contributed by atoms with Crippen molar-refractivity contribution >= 4 is 29.9 Å². The lowest BCUT2D eigenvalue weighted by Gasteiger charge is -2.11. The summed E-state index contributed by atoms with van der Waals surface area (Å²) in [5.74, 6) is 0.848. The molecule has 2 heterocycles. The standard InChI is InChI=1S/C20H27N7.HI/c1-2-22-20(23-9-3-12-27-13-4-10-25-27)24-15-18-5-7-19(8-6-18)16-26-14-11-21-17-26;/h4-8,10-11,13-14,17H,2-3,9,12,15-16H2,1H3,(H2,22,23,24);1H. The van der Waals surface area contributed by atoms with Crippen molar-refractivity contribution in [2.45, 2.75) is 33.0 Å². The molecule has 8 heteroatoms. The fourth-order valence-electron chi connectivity index (χ4n) is 2.73. The highest BCUT2D eigenvalue weighted by atomic mass is 127. The van der Waals surface area contributed by atoms with Crippen molar-refractivity contribution in [2.75, 3.05) is 13.1 Å². The molecule has 3 rings (SSSR count). The van der Waals surface area contributed by atoms with E-state index in [9.17, 15) is 0 Å². The van der Waals surface area contributed by atoms with Crippen molar-refractivity contribution in [1.82, 2.24) is 30.0 Å². The van der Waals surface area contributed by atoms with Crippen LogP contribution in [0.4, 0.5) is 0 Å². The number of rotatable bonds is 9. The summed E-state index contributed by atoms with van der Waals surface area (Å²) in [6, 6.07) is 10.5. The first-order valence-electron chi connectivity index (χ1n) is 9.36. The Morgan fingerprint density at radius 3 is 2.57 bits per heavy atom. The van der Waals surface area contributed by atoms with E-state index in [1.807, 2.05) is 29.5 Å². The maximum Gasteiger partial charge on any atom is 0.191 e. The Kier molecular flexibility index (Phi) is 9.53. The van der Waals surface area contributed by atoms with E-state index >= 15 is 0 Å². The summed E-state index contributed by atoms with van der Waals surface area (Å²) in [6.07, 6.45) is 10.4. The number of hydrogen-bond donors (Lipinski definition) is 2. The predicted octanol–water partition coefficient (Wildman–Crippen LogP) is 2.89. The summed E-state index contributed by atoms with van der Waals surface area (Å²) in [7, 11) is 0. The van der Waals surface area contributed by atoms with E-state index in [1.54, 1.807) is 12.4 Å². The third kappa shape index (κ3) is 7.34. The Hall–Kier alpha value is -2.36. The van der Waals surface area contributed by atoms with Gasteiger partial charge in [0.1, 0.15) is 0 Å². The fourth-order valence-corrected chi connectivity index (χ4v) is 2.73. The molecule has 0 unspecified atom stereocenters. The highest BCUT2D eigenvalue weighted by Crippen LogP contribution is 2.07. The van der Waals surface area contributed by atoms with Crippen LogP contribution in [-0.2, 0) is 19.6 Å². The van der Waals surface area contributed by atoms with E-state index in [0.717, 1.165) is 38.6 Å². The molecule has 3 aromatic rings. The number of halogens is 1. The smallest absolute Gasteiger partial charge is 0.191 e. The fraction of sp³-hybridized carbons (Fsp3) is 0.350. The van der Waals surface area contributed by atoms with E-state index in [-0.39, 0.29) is 24.0 Å². The molecule has 0 fully saturated rings. The number of nitrogens with zero attached hydrogens (tertiary/aromatic N) is 5. The number of guanidine groups is 1. The summed E-state index contributed by atoms with van der Waals surface area (Å²) in [4.78, 5) is 8.75. The van der Waals surface area contributed by atoms with Gasteiger partial charge < -0.3 is 15.2 Å². The van der Waals surface area contributed by atoms with Crippen molar-refractivity contribution < 1.29 is 0 Å². The first-order valence-corrected chi connectivity index (χ1v) is 9.36. The number of aromatic nitrogens is 4. The van der Waals surface area contributed by atoms with Crippen LogP contribution < -0.4 is 10.6 Å². The zero-order chi connectivity index (χ0) is 18.7. The van der Waals surface area contributed by atoms with E-state index in [2.05, 4.69) is 61.5 Å². The van der Waals surface area contributed by atoms with Gasteiger partial charge in [0.2, 0.25) is 0 Å². The quantitative estimate of drug-likeness (QED) is 0.208. The molecule has 0 saturated carbocycles. The second kappa shape index (κ2) is 12.2. The van der Waals surface area contributed by atoms with E-state index in [1.165, 1.54) is 11.1 Å². The van der Waals surface area contributed by atoms with Gasteiger partial charge in [-0.2, -0.15) is 5.10 Å². The van der Waals surface area contributed by atoms with Crippen molar-refractivity contribution in [1.29, 1.82) is 0 Å². The van der Waals surface area contributed by atoms with Gasteiger partial charge >= 0.3 is 0 Å². The van der Waals surface area contributed by atoms with Gasteiger partial charge in [0.05, 0.1) is 12.9 Å². The minimum absolute atomic E-state index is 0. The molecule has 0 aliphatic rings. The molecule has 0 bridgehead atoms. The van der Waals surface area contributed by atoms with Gasteiger partial charge in [-0.15, -0.1) is 24.0 Å². The molecule has 2 aromatic heterocycles. The third-order valence-electron chi connectivity index (χ3n) is 4.13. The van der Waals surface area contributed by atoms with Crippen LogP contribution in [0, 0.1) is 0 Å². The van der Waals surface area contributed by atoms with Gasteiger partial charge in [-0.3, -0.25) is 4.68 Å². The van der Waals surface area contributed by atoms with Crippen LogP contribution in [0.15, 0.2) is 66.4 Å². The highest BCUT2D eigenvalue weighted by molar-refractivity contribution is 14.0. The first-order chi connectivity index (χ1) is 13.3. The number of benzene rings is 1. The van der Waals surface area contributed by atoms with Gasteiger partial charge in [-0.25, -0.2) is 9.98 Å². The summed E-state index contributed by atoms with van der Waals surface area (Å²) in [6.45, 7) is 6.16. The van der Waals surface area contributed by atoms with Gasteiger partial charge in [0.25, 0.3) is 0 Å². The minimum Gasteiger partial charge on any atom is -0.357 e. The normalized spacial score (nSPS) is 11.1. The second-order valence-electron chi connectivity index (χ2n) is 6.30.